The standard InChI is InChI=1S/C60H62N12O7S/c1-9-12-52-63-54-36(2)29-40(31-50(54)72(52)34-38-15-19-39(20-16-38)44-13-10-11-14-45(44)55-65-67-68-66-55)56-62-47-25-21-41(32-48(47)70(56)7)69(6)27-28-77-43-24-26-46(49(33-43)71(8)59(76)79-60(3,4)5)61-53(73)35-78-42-22-17-37(18-23-42)30-51-57(74)64-58(75)80-51/h10-11,13-26,29,31-33,51H,9,12,27-28,30,34-35H2,1-8H3,(H,61,73)(H,64,74,75)(H,65,66,67,68). The molecule has 80 heavy (non-hydrogen) atoms. The molecule has 0 spiro atoms. The molecule has 1 saturated heterocycles. The smallest absolute Gasteiger partial charge is 0.414 e. The van der Waals surface area contributed by atoms with Gasteiger partial charge in [-0.15, -0.1) is 5.10 Å². The van der Waals surface area contributed by atoms with E-state index in [2.05, 4.69) is 114 Å². The van der Waals surface area contributed by atoms with E-state index in [4.69, 9.17) is 24.2 Å². The van der Waals surface area contributed by atoms with E-state index in [1.165, 1.54) is 4.90 Å². The number of ether oxygens (including phenoxy) is 3. The molecule has 19 nitrogen and oxygen atoms in total. The fourth-order valence-corrected chi connectivity index (χ4v) is 10.5. The number of amides is 4. The number of fused-ring (bicyclic) bond motifs is 2. The summed E-state index contributed by atoms with van der Waals surface area (Å²) in [6, 6.07) is 39.5. The number of nitrogens with one attached hydrogen (secondary N) is 3. The molecule has 20 heteroatoms. The maximum Gasteiger partial charge on any atom is 0.414 e. The van der Waals surface area contributed by atoms with Crippen molar-refractivity contribution in [2.45, 2.75) is 71.3 Å². The van der Waals surface area contributed by atoms with Crippen LogP contribution in [-0.4, -0.2) is 108 Å². The second kappa shape index (κ2) is 23.1. The Balaban J connectivity index is 0.812. The number of H-pyrrole nitrogens is 1. The van der Waals surface area contributed by atoms with Crippen molar-refractivity contribution in [1.82, 2.24) is 45.0 Å². The number of anilines is 3. The van der Waals surface area contributed by atoms with Crippen LogP contribution in [0.25, 0.3) is 56.0 Å². The van der Waals surface area contributed by atoms with Crippen molar-refractivity contribution >= 4 is 74.0 Å². The lowest BCUT2D eigenvalue weighted by Crippen LogP contribution is -2.35. The minimum absolute atomic E-state index is 0.302. The third-order valence-corrected chi connectivity index (χ3v) is 14.7. The lowest BCUT2D eigenvalue weighted by atomic mass is 9.98. The summed E-state index contributed by atoms with van der Waals surface area (Å²) in [4.78, 5) is 64.0. The van der Waals surface area contributed by atoms with Gasteiger partial charge in [-0.1, -0.05) is 79.3 Å². The van der Waals surface area contributed by atoms with Gasteiger partial charge < -0.3 is 33.6 Å². The van der Waals surface area contributed by atoms with Crippen molar-refractivity contribution in [2.24, 2.45) is 7.05 Å². The fourth-order valence-electron chi connectivity index (χ4n) is 9.66. The number of imidazole rings is 2. The molecular weight excluding hydrogens is 1030 g/mol. The number of benzene rings is 6. The second-order valence-corrected chi connectivity index (χ2v) is 21.9. The third kappa shape index (κ3) is 12.1. The molecule has 410 valence electrons. The topological polar surface area (TPSA) is 217 Å². The quantitative estimate of drug-likeness (QED) is 0.0687. The van der Waals surface area contributed by atoms with Gasteiger partial charge in [0.05, 0.1) is 45.2 Å². The van der Waals surface area contributed by atoms with Crippen LogP contribution in [0.1, 0.15) is 56.6 Å². The van der Waals surface area contributed by atoms with Crippen molar-refractivity contribution in [1.29, 1.82) is 0 Å². The van der Waals surface area contributed by atoms with Gasteiger partial charge in [0.15, 0.2) is 12.4 Å². The summed E-state index contributed by atoms with van der Waals surface area (Å²) in [5.41, 5.74) is 11.9. The van der Waals surface area contributed by atoms with Gasteiger partial charge in [0.25, 0.3) is 11.1 Å². The first-order valence-electron chi connectivity index (χ1n) is 26.4. The normalized spacial score (nSPS) is 13.4. The first-order chi connectivity index (χ1) is 38.5. The van der Waals surface area contributed by atoms with Crippen LogP contribution in [0.2, 0.25) is 0 Å². The molecule has 0 radical (unpaired) electrons. The number of aromatic amines is 1. The summed E-state index contributed by atoms with van der Waals surface area (Å²) < 4.78 is 22.2. The van der Waals surface area contributed by atoms with Crippen molar-refractivity contribution < 1.29 is 33.4 Å². The Labute approximate surface area is 467 Å². The van der Waals surface area contributed by atoms with Crippen molar-refractivity contribution in [3.8, 4) is 45.4 Å². The fraction of sp³-hybridized carbons (Fsp3) is 0.283. The zero-order chi connectivity index (χ0) is 56.2. The number of tetrazole rings is 1. The second-order valence-electron chi connectivity index (χ2n) is 20.7. The van der Waals surface area contributed by atoms with Crippen molar-refractivity contribution in [3.05, 3.63) is 144 Å². The van der Waals surface area contributed by atoms with Gasteiger partial charge in [0.2, 0.25) is 5.91 Å². The highest BCUT2D eigenvalue weighted by molar-refractivity contribution is 8.15. The van der Waals surface area contributed by atoms with Gasteiger partial charge in [-0.25, -0.2) is 19.9 Å². The molecule has 9 aromatic rings. The molecule has 0 bridgehead atoms. The Morgan fingerprint density at radius 3 is 2.29 bits per heavy atom. The first-order valence-corrected chi connectivity index (χ1v) is 27.2. The lowest BCUT2D eigenvalue weighted by molar-refractivity contribution is -0.119. The molecule has 1 aliphatic heterocycles. The van der Waals surface area contributed by atoms with Crippen molar-refractivity contribution in [2.75, 3.05) is 49.0 Å². The highest BCUT2D eigenvalue weighted by atomic mass is 32.2. The molecule has 1 aliphatic rings. The van der Waals surface area contributed by atoms with E-state index in [1.54, 1.807) is 70.3 Å². The Bertz CT molecular complexity index is 3760. The van der Waals surface area contributed by atoms with Crippen LogP contribution in [0.5, 0.6) is 11.5 Å². The number of hydrogen-bond acceptors (Lipinski definition) is 14. The van der Waals surface area contributed by atoms with Crippen LogP contribution in [-0.2, 0) is 40.8 Å². The molecule has 1 atom stereocenters. The summed E-state index contributed by atoms with van der Waals surface area (Å²) in [5, 5.41) is 18.9. The summed E-state index contributed by atoms with van der Waals surface area (Å²) >= 11 is 0.969. The van der Waals surface area contributed by atoms with Crippen LogP contribution < -0.4 is 29.9 Å². The molecule has 10 rings (SSSR count). The number of likely N-dealkylation sites (N-methyl/N-ethyl adjacent to an activating group) is 1. The molecule has 4 heterocycles. The highest BCUT2D eigenvalue weighted by Crippen LogP contribution is 2.35. The molecule has 6 aromatic carbocycles. The van der Waals surface area contributed by atoms with Gasteiger partial charge in [-0.05, 0) is 133 Å². The molecule has 3 N–H and O–H groups in total. The minimum Gasteiger partial charge on any atom is -0.492 e. The maximum absolute atomic E-state index is 13.4. The molecule has 0 saturated carbocycles. The Morgan fingerprint density at radius 2 is 1.57 bits per heavy atom. The molecule has 3 aromatic heterocycles. The van der Waals surface area contributed by atoms with E-state index in [9.17, 15) is 19.2 Å². The average Bonchev–Trinajstić information content (AvgIpc) is 4.26. The summed E-state index contributed by atoms with van der Waals surface area (Å²) in [7, 11) is 5.62. The van der Waals surface area contributed by atoms with Gasteiger partial charge in [0.1, 0.15) is 35.4 Å². The monoisotopic (exact) mass is 1090 g/mol. The number of aryl methyl sites for hydroxylation is 3. The SMILES string of the molecule is CCCc1nc2c(C)cc(-c3nc4ccc(N(C)CCOc5ccc(NC(=O)COc6ccc(CC7SC(=O)NC7=O)cc6)c(N(C)C(=O)OC(C)(C)C)c5)cc4n3C)cc2n1Cc1ccc(-c2ccccc2-c2nnn[nH]2)cc1. The van der Waals surface area contributed by atoms with Crippen LogP contribution in [0.15, 0.2) is 121 Å². The van der Waals surface area contributed by atoms with E-state index in [0.717, 1.165) is 103 Å². The Hall–Kier alpha value is -9.04. The van der Waals surface area contributed by atoms with Crippen LogP contribution in [0.3, 0.4) is 0 Å². The number of carbonyl (C=O) groups is 4. The summed E-state index contributed by atoms with van der Waals surface area (Å²) in [6.45, 7) is 10.8. The maximum atomic E-state index is 13.4. The van der Waals surface area contributed by atoms with E-state index in [0.29, 0.717) is 54.8 Å². The van der Waals surface area contributed by atoms with Crippen molar-refractivity contribution in [3.63, 3.8) is 0 Å². The predicted molar refractivity (Wildman–Crippen MR) is 311 cm³/mol. The largest absolute Gasteiger partial charge is 0.492 e. The number of carbonyl (C=O) groups excluding carboxylic acids is 4. The Kier molecular flexibility index (Phi) is 15.7. The van der Waals surface area contributed by atoms with E-state index in [1.807, 2.05) is 38.4 Å². The van der Waals surface area contributed by atoms with Crippen LogP contribution in [0, 0.1) is 6.92 Å². The van der Waals surface area contributed by atoms with Gasteiger partial charge in [-0.3, -0.25) is 24.6 Å². The first kappa shape index (κ1) is 54.3. The number of hydrogen-bond donors (Lipinski definition) is 3. The zero-order valence-electron chi connectivity index (χ0n) is 45.9. The molecule has 1 unspecified atom stereocenters. The number of thioether (sulfide) groups is 1. The highest BCUT2D eigenvalue weighted by Gasteiger charge is 2.31. The Morgan fingerprint density at radius 1 is 0.825 bits per heavy atom. The number of imide groups is 1. The molecular formula is C60H62N12O7S. The van der Waals surface area contributed by atoms with Gasteiger partial charge in [0, 0.05) is 57.0 Å². The predicted octanol–water partition coefficient (Wildman–Crippen LogP) is 10.5. The molecule has 0 aliphatic carbocycles. The molecule has 1 fully saturated rings. The number of aromatic nitrogens is 8. The van der Waals surface area contributed by atoms with E-state index < -0.39 is 22.9 Å². The van der Waals surface area contributed by atoms with E-state index in [-0.39, 0.29) is 17.8 Å². The van der Waals surface area contributed by atoms with Gasteiger partial charge >= 0.3 is 6.09 Å². The minimum atomic E-state index is -0.767. The number of rotatable bonds is 19. The van der Waals surface area contributed by atoms with Crippen LogP contribution >= 0.6 is 11.8 Å². The van der Waals surface area contributed by atoms with Gasteiger partial charge in [-0.2, -0.15) is 0 Å². The summed E-state index contributed by atoms with van der Waals surface area (Å²) in [6.07, 6.45) is 1.58. The third-order valence-electron chi connectivity index (χ3n) is 13.7. The zero-order valence-corrected chi connectivity index (χ0v) is 46.7. The average molecular weight is 1100 g/mol. The summed E-state index contributed by atoms with van der Waals surface area (Å²) in [5.74, 6) is 2.67. The lowest BCUT2D eigenvalue weighted by Gasteiger charge is -2.26. The number of nitrogens with zero attached hydrogens (tertiary/aromatic N) is 9. The van der Waals surface area contributed by atoms with Crippen LogP contribution in [0.4, 0.5) is 26.7 Å². The molecule has 4 amide bonds. The van der Waals surface area contributed by atoms with E-state index >= 15 is 0 Å².